The van der Waals surface area contributed by atoms with Gasteiger partial charge in [0.25, 0.3) is 17.7 Å². The summed E-state index contributed by atoms with van der Waals surface area (Å²) in [5, 5.41) is 19.7. The highest BCUT2D eigenvalue weighted by Crippen LogP contribution is 2.36. The second kappa shape index (κ2) is 30.0. The Morgan fingerprint density at radius 2 is 1.32 bits per heavy atom. The van der Waals surface area contributed by atoms with Crippen LogP contribution in [0.5, 0.6) is 23.1 Å². The molecule has 81 heavy (non-hydrogen) atoms. The van der Waals surface area contributed by atoms with E-state index in [1.54, 1.807) is 54.0 Å². The average Bonchev–Trinajstić information content (AvgIpc) is 4.40. The number of nitrogens with two attached hydrogens (primary N) is 1. The molecular weight excluding hydrogens is 1050 g/mol. The molecule has 0 aliphatic carbocycles. The minimum atomic E-state index is -1.08. The van der Waals surface area contributed by atoms with Gasteiger partial charge < -0.3 is 65.6 Å². The van der Waals surface area contributed by atoms with Crippen molar-refractivity contribution in [3.8, 4) is 23.1 Å². The Morgan fingerprint density at radius 3 is 1.98 bits per heavy atom. The van der Waals surface area contributed by atoms with E-state index in [1.165, 1.54) is 26.4 Å². The Kier molecular flexibility index (Phi) is 22.8. The van der Waals surface area contributed by atoms with Crippen molar-refractivity contribution in [2.45, 2.75) is 129 Å². The number of pyridine rings is 1. The number of amides is 9. The number of esters is 1. The van der Waals surface area contributed by atoms with E-state index >= 15 is 0 Å². The minimum Gasteiger partial charge on any atom is -0.493 e. The number of ether oxygens (including phenoxy) is 5. The molecule has 1 aromatic heterocycles. The number of primary amides is 1. The molecule has 0 saturated heterocycles. The van der Waals surface area contributed by atoms with Crippen molar-refractivity contribution >= 4 is 65.0 Å². The lowest BCUT2D eigenvalue weighted by Gasteiger charge is -2.25. The van der Waals surface area contributed by atoms with Crippen LogP contribution in [0, 0.1) is 5.92 Å². The van der Waals surface area contributed by atoms with Crippen molar-refractivity contribution in [3.05, 3.63) is 82.6 Å². The summed E-state index contributed by atoms with van der Waals surface area (Å²) in [7, 11) is 3.01. The zero-order chi connectivity index (χ0) is 58.6. The molecule has 2 atom stereocenters. The maximum Gasteiger partial charge on any atom is 0.312 e. The van der Waals surface area contributed by atoms with Crippen molar-refractivity contribution in [2.24, 2.45) is 11.7 Å². The first-order chi connectivity index (χ1) is 38.8. The Hall–Kier alpha value is -8.77. The first kappa shape index (κ1) is 61.4. The van der Waals surface area contributed by atoms with Gasteiger partial charge in [0, 0.05) is 76.2 Å². The number of aliphatic carboxylic acids is 1. The fourth-order valence-corrected chi connectivity index (χ4v) is 9.06. The normalized spacial score (nSPS) is 14.0. The lowest BCUT2D eigenvalue weighted by molar-refractivity contribution is -0.147. The van der Waals surface area contributed by atoms with Crippen molar-refractivity contribution in [2.75, 3.05) is 45.8 Å². The summed E-state index contributed by atoms with van der Waals surface area (Å²) in [6.45, 7) is 5.41. The Bertz CT molecular complexity index is 2820. The van der Waals surface area contributed by atoms with E-state index in [0.29, 0.717) is 73.0 Å². The summed E-state index contributed by atoms with van der Waals surface area (Å²) < 4.78 is 28.6. The van der Waals surface area contributed by atoms with Crippen LogP contribution in [0.1, 0.15) is 112 Å². The van der Waals surface area contributed by atoms with Gasteiger partial charge in [0.2, 0.25) is 29.5 Å². The van der Waals surface area contributed by atoms with Crippen LogP contribution < -0.4 is 45.9 Å². The number of hydrogen-bond acceptors (Lipinski definition) is 16. The summed E-state index contributed by atoms with van der Waals surface area (Å²) >= 11 is 0. The molecule has 7 N–H and O–H groups in total. The van der Waals surface area contributed by atoms with Crippen LogP contribution in [0.2, 0.25) is 0 Å². The molecule has 2 aromatic carbocycles. The van der Waals surface area contributed by atoms with E-state index in [0.717, 1.165) is 21.6 Å². The summed E-state index contributed by atoms with van der Waals surface area (Å²) in [5.74, 6) is -3.11. The number of methoxy groups -OCH3 is 2. The minimum absolute atomic E-state index is 0.0768. The summed E-state index contributed by atoms with van der Waals surface area (Å²) in [6.07, 6.45) is 4.34. The predicted octanol–water partition coefficient (Wildman–Crippen LogP) is 3.52. The van der Waals surface area contributed by atoms with Gasteiger partial charge in [-0.25, -0.2) is 9.78 Å². The van der Waals surface area contributed by atoms with Gasteiger partial charge in [0.15, 0.2) is 17.2 Å². The highest BCUT2D eigenvalue weighted by atomic mass is 16.5. The van der Waals surface area contributed by atoms with Crippen molar-refractivity contribution in [1.29, 1.82) is 0 Å². The molecular formula is C56H71N9O16. The number of aromatic nitrogens is 1. The smallest absolute Gasteiger partial charge is 0.312 e. The third-order valence-corrected chi connectivity index (χ3v) is 13.5. The zero-order valence-corrected chi connectivity index (χ0v) is 46.0. The van der Waals surface area contributed by atoms with Crippen molar-refractivity contribution in [3.63, 3.8) is 0 Å². The van der Waals surface area contributed by atoms with Crippen LogP contribution in [-0.2, 0) is 80.7 Å². The molecule has 0 radical (unpaired) electrons. The van der Waals surface area contributed by atoms with Gasteiger partial charge in [-0.3, -0.25) is 48.1 Å². The Morgan fingerprint density at radius 1 is 0.691 bits per heavy atom. The highest BCUT2D eigenvalue weighted by molar-refractivity contribution is 6.12. The maximum absolute atomic E-state index is 13.6. The van der Waals surface area contributed by atoms with E-state index in [-0.39, 0.29) is 132 Å². The van der Waals surface area contributed by atoms with Gasteiger partial charge >= 0.3 is 18.0 Å². The van der Waals surface area contributed by atoms with Crippen LogP contribution in [0.4, 0.5) is 10.5 Å². The van der Waals surface area contributed by atoms with Crippen molar-refractivity contribution in [1.82, 2.24) is 35.6 Å². The SMILES string of the molecule is COc1cc2c(cc1OCCCOc1nc3c(cc1OC)CN(C(=O)CCC(=O)OCc1ccc(NC(=O)[C@H](CCCNC(N)=O)NC(=O)[C@@H](NC(=O)CCCCCN4C(=O)C=CC4=O)C(C)C)cc1)C3)CN(C(=O)CCC(=O)O)C2. The van der Waals surface area contributed by atoms with Gasteiger partial charge in [0.05, 0.1) is 52.5 Å². The van der Waals surface area contributed by atoms with Crippen LogP contribution in [0.3, 0.4) is 0 Å². The third kappa shape index (κ3) is 18.4. The second-order valence-electron chi connectivity index (χ2n) is 19.9. The number of benzene rings is 2. The van der Waals surface area contributed by atoms with Gasteiger partial charge in [0.1, 0.15) is 18.7 Å². The molecule has 3 aromatic rings. The molecule has 0 fully saturated rings. The lowest BCUT2D eigenvalue weighted by Crippen LogP contribution is -2.54. The number of nitrogens with zero attached hydrogens (tertiary/aromatic N) is 4. The monoisotopic (exact) mass is 1130 g/mol. The lowest BCUT2D eigenvalue weighted by atomic mass is 10.0. The Balaban J connectivity index is 0.907. The van der Waals surface area contributed by atoms with Gasteiger partial charge in [-0.05, 0) is 84.2 Å². The largest absolute Gasteiger partial charge is 0.493 e. The molecule has 0 spiro atoms. The number of imide groups is 1. The zero-order valence-electron chi connectivity index (χ0n) is 46.0. The van der Waals surface area contributed by atoms with Crippen LogP contribution >= 0.6 is 0 Å². The van der Waals surface area contributed by atoms with E-state index < -0.39 is 41.9 Å². The molecule has 3 aliphatic rings. The molecule has 436 valence electrons. The quantitative estimate of drug-likeness (QED) is 0.0296. The van der Waals surface area contributed by atoms with Crippen LogP contribution in [0.15, 0.2) is 54.6 Å². The number of urea groups is 1. The average molecular weight is 1130 g/mol. The number of carboxylic acid groups (broad SMARTS) is 1. The number of carboxylic acids is 1. The van der Waals surface area contributed by atoms with E-state index in [9.17, 15) is 47.9 Å². The molecule has 9 amide bonds. The predicted molar refractivity (Wildman–Crippen MR) is 289 cm³/mol. The number of rotatable bonds is 32. The number of hydrogen-bond donors (Lipinski definition) is 6. The van der Waals surface area contributed by atoms with E-state index in [1.807, 2.05) is 12.1 Å². The summed E-state index contributed by atoms with van der Waals surface area (Å²) in [4.78, 5) is 133. The number of nitrogens with one attached hydrogen (secondary N) is 4. The van der Waals surface area contributed by atoms with E-state index in [4.69, 9.17) is 34.5 Å². The maximum atomic E-state index is 13.6. The molecule has 0 saturated carbocycles. The fourth-order valence-electron chi connectivity index (χ4n) is 9.06. The highest BCUT2D eigenvalue weighted by Gasteiger charge is 2.31. The first-order valence-electron chi connectivity index (χ1n) is 26.8. The van der Waals surface area contributed by atoms with Crippen LogP contribution in [0.25, 0.3) is 0 Å². The number of carbonyl (C=O) groups is 10. The van der Waals surface area contributed by atoms with Gasteiger partial charge in [-0.1, -0.05) is 32.4 Å². The second-order valence-corrected chi connectivity index (χ2v) is 19.9. The fraction of sp³-hybridized carbons (Fsp3) is 0.482. The molecule has 3 aliphatic heterocycles. The van der Waals surface area contributed by atoms with Gasteiger partial charge in [-0.15, -0.1) is 0 Å². The summed E-state index contributed by atoms with van der Waals surface area (Å²) in [6, 6.07) is 9.09. The first-order valence-corrected chi connectivity index (χ1v) is 26.8. The standard InChI is InChI=1S/C56H71N9O16/c1-34(2)52(62-45(66)11-6-5-7-23-65-48(69)16-17-49(65)70)54(75)60-40(10-8-22-58-56(57)76)53(74)59-39-14-12-35(13-15-39)33-81-51(73)21-19-47(68)64-31-38-28-44(78-4)55(61-41(38)32-64)80-25-9-24-79-43-27-37-30-63(46(67)18-20-50(71)72)29-36(37)26-42(43)77-3/h12-17,26-28,34,40,52H,5-11,18-25,29-33H2,1-4H3,(H,59,74)(H,60,75)(H,62,66)(H,71,72)(H3,57,58,76)/t40-,52-/m0/s1. The number of unbranched alkanes of at least 4 members (excludes halogenated alkanes) is 2. The van der Waals surface area contributed by atoms with Crippen molar-refractivity contribution < 1.29 is 76.7 Å². The number of anilines is 1. The van der Waals surface area contributed by atoms with Crippen LogP contribution in [-0.4, -0.2) is 137 Å². The third-order valence-electron chi connectivity index (χ3n) is 13.5. The molecule has 0 bridgehead atoms. The number of fused-ring (bicyclic) bond motifs is 2. The number of carbonyl (C=O) groups excluding carboxylic acids is 9. The summed E-state index contributed by atoms with van der Waals surface area (Å²) in [5.41, 5.74) is 9.36. The van der Waals surface area contributed by atoms with E-state index in [2.05, 4.69) is 26.3 Å². The molecule has 4 heterocycles. The molecule has 25 heteroatoms. The molecule has 6 rings (SSSR count). The Labute approximate surface area is 468 Å². The molecule has 0 unspecified atom stereocenters. The topological polar surface area (TPSA) is 334 Å². The molecule has 25 nitrogen and oxygen atoms in total. The van der Waals surface area contributed by atoms with Gasteiger partial charge in [-0.2, -0.15) is 0 Å².